The van der Waals surface area contributed by atoms with E-state index in [2.05, 4.69) is 4.99 Å². The lowest BCUT2D eigenvalue weighted by Crippen LogP contribution is -2.38. The van der Waals surface area contributed by atoms with Gasteiger partial charge in [0.2, 0.25) is 0 Å². The summed E-state index contributed by atoms with van der Waals surface area (Å²) in [5.41, 5.74) is 1.67. The summed E-state index contributed by atoms with van der Waals surface area (Å²) in [5.74, 6) is -0.214. The Labute approximate surface area is 151 Å². The van der Waals surface area contributed by atoms with Crippen LogP contribution < -0.4 is 4.90 Å². The van der Waals surface area contributed by atoms with E-state index in [0.29, 0.717) is 10.2 Å². The van der Waals surface area contributed by atoms with E-state index in [-0.39, 0.29) is 34.6 Å². The van der Waals surface area contributed by atoms with Crippen molar-refractivity contribution in [3.05, 3.63) is 28.8 Å². The van der Waals surface area contributed by atoms with Crippen LogP contribution in [0.15, 0.2) is 23.2 Å². The van der Waals surface area contributed by atoms with Gasteiger partial charge in [-0.3, -0.25) is 4.79 Å². The minimum absolute atomic E-state index is 0.0749. The second-order valence-corrected chi connectivity index (χ2v) is 10.2. The Morgan fingerprint density at radius 1 is 1.38 bits per heavy atom. The number of nitrogens with zero attached hydrogens (tertiary/aromatic N) is 2. The molecule has 0 saturated carbocycles. The zero-order valence-corrected chi connectivity index (χ0v) is 16.1. The van der Waals surface area contributed by atoms with Crippen molar-refractivity contribution in [2.45, 2.75) is 32.1 Å². The van der Waals surface area contributed by atoms with Crippen molar-refractivity contribution >= 4 is 50.0 Å². The summed E-state index contributed by atoms with van der Waals surface area (Å²) in [4.78, 5) is 18.3. The molecule has 0 N–H and O–H groups in total. The first-order valence-electron chi connectivity index (χ1n) is 7.73. The van der Waals surface area contributed by atoms with Crippen molar-refractivity contribution in [2.24, 2.45) is 10.9 Å². The van der Waals surface area contributed by atoms with Crippen LogP contribution in [0, 0.1) is 12.8 Å². The first-order chi connectivity index (χ1) is 11.2. The summed E-state index contributed by atoms with van der Waals surface area (Å²) in [5, 5.41) is 1.08. The fraction of sp³-hybridized carbons (Fsp3) is 0.500. The van der Waals surface area contributed by atoms with E-state index in [1.807, 2.05) is 24.0 Å². The number of amidine groups is 1. The molecule has 1 amide bonds. The average molecular weight is 387 g/mol. The van der Waals surface area contributed by atoms with Crippen molar-refractivity contribution in [1.29, 1.82) is 0 Å². The van der Waals surface area contributed by atoms with Gasteiger partial charge in [-0.1, -0.05) is 43.3 Å². The van der Waals surface area contributed by atoms with Gasteiger partial charge in [0, 0.05) is 21.9 Å². The number of hydrogen-bond acceptors (Lipinski definition) is 4. The first kappa shape index (κ1) is 17.8. The van der Waals surface area contributed by atoms with Gasteiger partial charge < -0.3 is 4.90 Å². The fourth-order valence-corrected chi connectivity index (χ4v) is 7.01. The molecule has 130 valence electrons. The van der Waals surface area contributed by atoms with Crippen molar-refractivity contribution in [2.75, 3.05) is 16.4 Å². The number of benzene rings is 1. The van der Waals surface area contributed by atoms with E-state index < -0.39 is 9.84 Å². The van der Waals surface area contributed by atoms with Gasteiger partial charge in [0.25, 0.3) is 5.91 Å². The van der Waals surface area contributed by atoms with Crippen LogP contribution in [-0.2, 0) is 14.6 Å². The summed E-state index contributed by atoms with van der Waals surface area (Å²) in [6, 6.07) is 5.30. The largest absolute Gasteiger partial charge is 0.315 e. The Kier molecular flexibility index (Phi) is 4.70. The molecule has 1 aromatic carbocycles. The topological polar surface area (TPSA) is 66.8 Å². The SMILES string of the molecule is Cc1c(Cl)cccc1N1C(=NC(=O)C(C)C)S[C@H]2CS(=O)(=O)C[C@H]21. The van der Waals surface area contributed by atoms with E-state index in [1.54, 1.807) is 19.9 Å². The zero-order chi connectivity index (χ0) is 17.6. The standard InChI is InChI=1S/C16H19ClN2O3S2/c1-9(2)15(20)18-16-19(12-6-4-5-11(17)10(12)3)13-7-24(21,22)8-14(13)23-16/h4-6,9,13-14H,7-8H2,1-3H3/t13-,14+/m1/s1. The van der Waals surface area contributed by atoms with Gasteiger partial charge in [0.1, 0.15) is 0 Å². The van der Waals surface area contributed by atoms with Crippen LogP contribution in [0.3, 0.4) is 0 Å². The predicted molar refractivity (Wildman–Crippen MR) is 99.8 cm³/mol. The lowest BCUT2D eigenvalue weighted by atomic mass is 10.1. The number of anilines is 1. The summed E-state index contributed by atoms with van der Waals surface area (Å²) in [6.07, 6.45) is 0. The maximum absolute atomic E-state index is 12.1. The van der Waals surface area contributed by atoms with Crippen molar-refractivity contribution in [3.8, 4) is 0 Å². The van der Waals surface area contributed by atoms with E-state index in [4.69, 9.17) is 11.6 Å². The molecule has 0 unspecified atom stereocenters. The number of fused-ring (bicyclic) bond motifs is 1. The number of halogens is 1. The number of sulfone groups is 1. The highest BCUT2D eigenvalue weighted by atomic mass is 35.5. The van der Waals surface area contributed by atoms with Crippen molar-refractivity contribution < 1.29 is 13.2 Å². The van der Waals surface area contributed by atoms with Crippen LogP contribution >= 0.6 is 23.4 Å². The van der Waals surface area contributed by atoms with Crippen molar-refractivity contribution in [1.82, 2.24) is 0 Å². The molecule has 2 heterocycles. The molecule has 0 aromatic heterocycles. The summed E-state index contributed by atoms with van der Waals surface area (Å²) < 4.78 is 24.1. The molecule has 0 spiro atoms. The average Bonchev–Trinajstić information content (AvgIpc) is 2.93. The summed E-state index contributed by atoms with van der Waals surface area (Å²) in [7, 11) is -3.07. The molecule has 0 radical (unpaired) electrons. The normalized spacial score (nSPS) is 27.0. The number of amides is 1. The monoisotopic (exact) mass is 386 g/mol. The second kappa shape index (κ2) is 6.35. The van der Waals surface area contributed by atoms with Crippen LogP contribution in [0.1, 0.15) is 19.4 Å². The third kappa shape index (κ3) is 3.21. The van der Waals surface area contributed by atoms with Crippen LogP contribution in [-0.4, -0.2) is 42.3 Å². The Hall–Kier alpha value is -1.05. The molecule has 5 nitrogen and oxygen atoms in total. The number of carbonyl (C=O) groups is 1. The summed E-state index contributed by atoms with van der Waals surface area (Å²) in [6.45, 7) is 5.49. The third-order valence-corrected chi connectivity index (χ3v) is 7.88. The Balaban J connectivity index is 2.08. The highest BCUT2D eigenvalue weighted by molar-refractivity contribution is 8.16. The smallest absolute Gasteiger partial charge is 0.250 e. The van der Waals surface area contributed by atoms with Gasteiger partial charge in [-0.05, 0) is 24.6 Å². The van der Waals surface area contributed by atoms with Crippen LogP contribution in [0.4, 0.5) is 5.69 Å². The lowest BCUT2D eigenvalue weighted by Gasteiger charge is -2.26. The molecule has 8 heteroatoms. The predicted octanol–water partition coefficient (Wildman–Crippen LogP) is 2.91. The minimum atomic E-state index is -3.07. The molecule has 2 saturated heterocycles. The molecule has 2 atom stereocenters. The molecular formula is C16H19ClN2O3S2. The van der Waals surface area contributed by atoms with Gasteiger partial charge in [-0.25, -0.2) is 8.42 Å². The molecular weight excluding hydrogens is 368 g/mol. The maximum Gasteiger partial charge on any atom is 0.250 e. The molecule has 0 bridgehead atoms. The van der Waals surface area contributed by atoms with E-state index in [9.17, 15) is 13.2 Å². The zero-order valence-electron chi connectivity index (χ0n) is 13.7. The fourth-order valence-electron chi connectivity index (χ4n) is 2.93. The van der Waals surface area contributed by atoms with E-state index in [0.717, 1.165) is 11.3 Å². The Morgan fingerprint density at radius 3 is 2.75 bits per heavy atom. The molecule has 1 aromatic rings. The quantitative estimate of drug-likeness (QED) is 0.781. The van der Waals surface area contributed by atoms with Crippen LogP contribution in [0.25, 0.3) is 0 Å². The Bertz CT molecular complexity index is 821. The highest BCUT2D eigenvalue weighted by Crippen LogP contribution is 2.42. The lowest BCUT2D eigenvalue weighted by molar-refractivity contribution is -0.120. The summed E-state index contributed by atoms with van der Waals surface area (Å²) >= 11 is 7.62. The minimum Gasteiger partial charge on any atom is -0.315 e. The molecule has 3 rings (SSSR count). The Morgan fingerprint density at radius 2 is 2.08 bits per heavy atom. The first-order valence-corrected chi connectivity index (χ1v) is 10.8. The van der Waals surface area contributed by atoms with Crippen LogP contribution in [0.2, 0.25) is 5.02 Å². The van der Waals surface area contributed by atoms with Gasteiger partial charge in [-0.15, -0.1) is 0 Å². The van der Waals surface area contributed by atoms with E-state index in [1.165, 1.54) is 11.8 Å². The highest BCUT2D eigenvalue weighted by Gasteiger charge is 2.49. The number of thioether (sulfide) groups is 1. The number of aliphatic imine (C=N–C) groups is 1. The van der Waals surface area contributed by atoms with Gasteiger partial charge >= 0.3 is 0 Å². The third-order valence-electron chi connectivity index (χ3n) is 4.26. The van der Waals surface area contributed by atoms with Gasteiger partial charge in [0.05, 0.1) is 17.5 Å². The van der Waals surface area contributed by atoms with Crippen LogP contribution in [0.5, 0.6) is 0 Å². The maximum atomic E-state index is 12.1. The molecule has 0 aliphatic carbocycles. The molecule has 24 heavy (non-hydrogen) atoms. The molecule has 2 fully saturated rings. The van der Waals surface area contributed by atoms with Gasteiger partial charge in [-0.2, -0.15) is 4.99 Å². The number of rotatable bonds is 2. The van der Waals surface area contributed by atoms with Crippen molar-refractivity contribution in [3.63, 3.8) is 0 Å². The second-order valence-electron chi connectivity index (χ2n) is 6.44. The number of carbonyl (C=O) groups excluding carboxylic acids is 1. The molecule has 2 aliphatic rings. The molecule has 2 aliphatic heterocycles. The van der Waals surface area contributed by atoms with Gasteiger partial charge in [0.15, 0.2) is 15.0 Å². The number of hydrogen-bond donors (Lipinski definition) is 0. The van der Waals surface area contributed by atoms with E-state index >= 15 is 0 Å².